The number of esters is 1. The van der Waals surface area contributed by atoms with Crippen LogP contribution in [0, 0.1) is 0 Å². The predicted molar refractivity (Wildman–Crippen MR) is 107 cm³/mol. The Kier molecular flexibility index (Phi) is 13.9. The van der Waals surface area contributed by atoms with Crippen molar-refractivity contribution >= 4 is 5.97 Å². The summed E-state index contributed by atoms with van der Waals surface area (Å²) in [5.41, 5.74) is 0. The molecule has 0 N–H and O–H groups in total. The molecule has 0 atom stereocenters. The van der Waals surface area contributed by atoms with Crippen molar-refractivity contribution in [2.75, 3.05) is 6.61 Å². The second kappa shape index (κ2) is 15.9. The normalized spacial score (nSPS) is 11.0. The Morgan fingerprint density at radius 2 is 1.35 bits per heavy atom. The first-order valence-electron chi connectivity index (χ1n) is 10.9. The predicted octanol–water partition coefficient (Wildman–Crippen LogP) is 5.34. The molecule has 1 aromatic rings. The molecule has 0 saturated carbocycles. The number of aryl methyl sites for hydroxylation is 1. The summed E-state index contributed by atoms with van der Waals surface area (Å²) in [6, 6.07) is 0. The van der Waals surface area contributed by atoms with Crippen LogP contribution >= 0.6 is 0 Å². The van der Waals surface area contributed by atoms with Crippen LogP contribution in [0.2, 0.25) is 0 Å². The number of ether oxygens (including phenoxy) is 1. The van der Waals surface area contributed by atoms with E-state index < -0.39 is 0 Å². The summed E-state index contributed by atoms with van der Waals surface area (Å²) in [6.07, 6.45) is 24.5. The Bertz CT molecular complexity index is 457. The van der Waals surface area contributed by atoms with E-state index in [1.54, 1.807) is 0 Å². The van der Waals surface area contributed by atoms with Crippen LogP contribution in [0.1, 0.15) is 96.8 Å². The molecule has 0 amide bonds. The quantitative estimate of drug-likeness (QED) is 0.212. The molecule has 150 valence electrons. The standard InChI is InChI=1S/C22H41N2O2/c1-3-4-5-6-7-8-9-10-11-12-13-14-15-16-19-26-22(25)20-24-18-17-23(2)21-24/h17-18,21H,3-16,19-20H2,1-2H3/q+1. The zero-order chi connectivity index (χ0) is 18.9. The Labute approximate surface area is 160 Å². The number of aromatic nitrogens is 2. The number of nitrogens with zero attached hydrogens (tertiary/aromatic N) is 2. The van der Waals surface area contributed by atoms with Crippen molar-refractivity contribution in [3.05, 3.63) is 18.7 Å². The molecule has 26 heavy (non-hydrogen) atoms. The number of imidazole rings is 1. The van der Waals surface area contributed by atoms with E-state index >= 15 is 0 Å². The zero-order valence-corrected chi connectivity index (χ0v) is 17.3. The fourth-order valence-electron chi connectivity index (χ4n) is 3.27. The third kappa shape index (κ3) is 13.0. The topological polar surface area (TPSA) is 35.1 Å². The summed E-state index contributed by atoms with van der Waals surface area (Å²) in [6.45, 7) is 3.14. The first-order valence-corrected chi connectivity index (χ1v) is 10.9. The molecule has 0 aromatic carbocycles. The average molecular weight is 366 g/mol. The second-order valence-corrected chi connectivity index (χ2v) is 7.57. The number of carbonyl (C=O) groups is 1. The van der Waals surface area contributed by atoms with Crippen LogP contribution < -0.4 is 4.57 Å². The minimum absolute atomic E-state index is 0.143. The molecule has 1 rings (SSSR count). The highest BCUT2D eigenvalue weighted by atomic mass is 16.5. The van der Waals surface area contributed by atoms with Crippen molar-refractivity contribution in [2.45, 2.75) is 103 Å². The fourth-order valence-corrected chi connectivity index (χ4v) is 3.27. The number of hydrogen-bond acceptors (Lipinski definition) is 2. The highest BCUT2D eigenvalue weighted by Gasteiger charge is 2.08. The SMILES string of the molecule is CCCCCCCCCCCCCCCCOC(=O)Cn1cc[n+](C)c1. The lowest BCUT2D eigenvalue weighted by atomic mass is 10.0. The van der Waals surface area contributed by atoms with Crippen LogP contribution in [0.25, 0.3) is 0 Å². The molecular weight excluding hydrogens is 324 g/mol. The summed E-state index contributed by atoms with van der Waals surface area (Å²) in [5, 5.41) is 0. The molecule has 0 radical (unpaired) electrons. The maximum atomic E-state index is 11.7. The maximum absolute atomic E-state index is 11.7. The Morgan fingerprint density at radius 3 is 1.81 bits per heavy atom. The molecule has 0 unspecified atom stereocenters. The number of carbonyl (C=O) groups excluding carboxylic acids is 1. The first kappa shape index (κ1) is 22.7. The van der Waals surface area contributed by atoms with Crippen molar-refractivity contribution in [2.24, 2.45) is 7.05 Å². The van der Waals surface area contributed by atoms with Crippen LogP contribution in [0.5, 0.6) is 0 Å². The van der Waals surface area contributed by atoms with Gasteiger partial charge >= 0.3 is 5.97 Å². The molecule has 0 bridgehead atoms. The summed E-state index contributed by atoms with van der Waals surface area (Å²) >= 11 is 0. The number of hydrogen-bond donors (Lipinski definition) is 0. The molecule has 4 heteroatoms. The molecule has 0 aliphatic carbocycles. The van der Waals surface area contributed by atoms with Gasteiger partial charge in [-0.05, 0) is 6.42 Å². The molecular formula is C22H41N2O2+. The average Bonchev–Trinajstić information content (AvgIpc) is 3.03. The van der Waals surface area contributed by atoms with E-state index in [0.717, 1.165) is 6.42 Å². The van der Waals surface area contributed by atoms with Gasteiger partial charge < -0.3 is 4.74 Å². The summed E-state index contributed by atoms with van der Waals surface area (Å²) in [5.74, 6) is -0.143. The van der Waals surface area contributed by atoms with Crippen LogP contribution in [0.4, 0.5) is 0 Å². The van der Waals surface area contributed by atoms with Crippen molar-refractivity contribution in [1.82, 2.24) is 4.57 Å². The zero-order valence-electron chi connectivity index (χ0n) is 17.3. The lowest BCUT2D eigenvalue weighted by Crippen LogP contribution is -2.24. The second-order valence-electron chi connectivity index (χ2n) is 7.57. The summed E-state index contributed by atoms with van der Waals surface area (Å²) in [4.78, 5) is 11.7. The van der Waals surface area contributed by atoms with Crippen molar-refractivity contribution in [3.63, 3.8) is 0 Å². The van der Waals surface area contributed by atoms with E-state index in [1.807, 2.05) is 34.9 Å². The van der Waals surface area contributed by atoms with Gasteiger partial charge in [0.25, 0.3) is 0 Å². The van der Waals surface area contributed by atoms with Crippen LogP contribution in [-0.4, -0.2) is 17.1 Å². The van der Waals surface area contributed by atoms with Gasteiger partial charge in [0.2, 0.25) is 6.33 Å². The molecule has 0 aliphatic rings. The third-order valence-electron chi connectivity index (χ3n) is 4.90. The Morgan fingerprint density at radius 1 is 0.846 bits per heavy atom. The molecule has 1 heterocycles. The maximum Gasteiger partial charge on any atom is 0.348 e. The van der Waals surface area contributed by atoms with E-state index in [4.69, 9.17) is 4.74 Å². The minimum atomic E-state index is -0.143. The number of rotatable bonds is 17. The lowest BCUT2D eigenvalue weighted by molar-refractivity contribution is -0.671. The van der Waals surface area contributed by atoms with Crippen molar-refractivity contribution < 1.29 is 14.1 Å². The van der Waals surface area contributed by atoms with Crippen molar-refractivity contribution in [3.8, 4) is 0 Å². The fraction of sp³-hybridized carbons (Fsp3) is 0.818. The van der Waals surface area contributed by atoms with E-state index in [2.05, 4.69) is 6.92 Å². The Balaban J connectivity index is 1.77. The van der Waals surface area contributed by atoms with Gasteiger partial charge in [0.15, 0.2) is 6.54 Å². The van der Waals surface area contributed by atoms with Crippen LogP contribution in [-0.2, 0) is 23.1 Å². The minimum Gasteiger partial charge on any atom is -0.463 e. The van der Waals surface area contributed by atoms with E-state index in [0.29, 0.717) is 13.2 Å². The van der Waals surface area contributed by atoms with Gasteiger partial charge in [-0.2, -0.15) is 0 Å². The summed E-state index contributed by atoms with van der Waals surface area (Å²) < 4.78 is 9.05. The smallest absolute Gasteiger partial charge is 0.348 e. The van der Waals surface area contributed by atoms with Gasteiger partial charge in [-0.3, -0.25) is 0 Å². The molecule has 0 saturated heterocycles. The van der Waals surface area contributed by atoms with Crippen LogP contribution in [0.15, 0.2) is 18.7 Å². The van der Waals surface area contributed by atoms with E-state index in [9.17, 15) is 4.79 Å². The van der Waals surface area contributed by atoms with Crippen LogP contribution in [0.3, 0.4) is 0 Å². The van der Waals surface area contributed by atoms with Gasteiger partial charge in [-0.25, -0.2) is 13.9 Å². The van der Waals surface area contributed by atoms with Gasteiger partial charge in [0.1, 0.15) is 12.4 Å². The molecule has 1 aromatic heterocycles. The molecule has 0 aliphatic heterocycles. The van der Waals surface area contributed by atoms with Gasteiger partial charge in [-0.1, -0.05) is 90.4 Å². The Hall–Kier alpha value is -1.32. The van der Waals surface area contributed by atoms with Gasteiger partial charge in [0, 0.05) is 0 Å². The van der Waals surface area contributed by atoms with E-state index in [1.165, 1.54) is 83.5 Å². The number of unbranched alkanes of at least 4 members (excludes halogenated alkanes) is 13. The molecule has 4 nitrogen and oxygen atoms in total. The van der Waals surface area contributed by atoms with E-state index in [-0.39, 0.29) is 5.97 Å². The monoisotopic (exact) mass is 365 g/mol. The van der Waals surface area contributed by atoms with Crippen molar-refractivity contribution in [1.29, 1.82) is 0 Å². The first-order chi connectivity index (χ1) is 12.7. The van der Waals surface area contributed by atoms with Gasteiger partial charge in [0.05, 0.1) is 13.7 Å². The highest BCUT2D eigenvalue weighted by molar-refractivity contribution is 5.69. The molecule has 0 fully saturated rings. The highest BCUT2D eigenvalue weighted by Crippen LogP contribution is 2.12. The van der Waals surface area contributed by atoms with Gasteiger partial charge in [-0.15, -0.1) is 0 Å². The third-order valence-corrected chi connectivity index (χ3v) is 4.90. The molecule has 0 spiro atoms. The lowest BCUT2D eigenvalue weighted by Gasteiger charge is -2.04. The summed E-state index contributed by atoms with van der Waals surface area (Å²) in [7, 11) is 1.94. The largest absolute Gasteiger partial charge is 0.463 e.